The summed E-state index contributed by atoms with van der Waals surface area (Å²) in [7, 11) is 0. The van der Waals surface area contributed by atoms with Crippen molar-refractivity contribution in [2.75, 3.05) is 13.1 Å². The molecule has 1 aliphatic heterocycles. The first-order chi connectivity index (χ1) is 8.44. The number of carboxylic acids is 1. The number of likely N-dealkylation sites (tertiary alicyclic amines) is 1. The maximum atomic E-state index is 11.4. The molecule has 1 heterocycles. The molecule has 0 aromatic rings. The van der Waals surface area contributed by atoms with Crippen molar-refractivity contribution in [2.24, 2.45) is 17.3 Å². The van der Waals surface area contributed by atoms with Gasteiger partial charge in [-0.05, 0) is 50.1 Å². The monoisotopic (exact) mass is 253 g/mol. The molecule has 0 radical (unpaired) electrons. The van der Waals surface area contributed by atoms with Crippen LogP contribution in [0.15, 0.2) is 0 Å². The van der Waals surface area contributed by atoms with E-state index in [0.717, 1.165) is 12.8 Å². The zero-order valence-corrected chi connectivity index (χ0v) is 12.0. The van der Waals surface area contributed by atoms with Crippen LogP contribution >= 0.6 is 0 Å². The van der Waals surface area contributed by atoms with E-state index in [1.807, 2.05) is 0 Å². The zero-order valence-electron chi connectivity index (χ0n) is 12.0. The van der Waals surface area contributed by atoms with E-state index in [4.69, 9.17) is 0 Å². The molecule has 18 heavy (non-hydrogen) atoms. The molecule has 1 saturated heterocycles. The lowest BCUT2D eigenvalue weighted by molar-refractivity contribution is -0.152. The summed E-state index contributed by atoms with van der Waals surface area (Å²) in [6, 6.07) is 0.593. The molecule has 3 nitrogen and oxygen atoms in total. The summed E-state index contributed by atoms with van der Waals surface area (Å²) in [4.78, 5) is 14.0. The third-order valence-corrected chi connectivity index (χ3v) is 5.56. The SMILES string of the molecule is CC1C(N2CCCCC2)CCC(C(=O)O)C1(C)C. The van der Waals surface area contributed by atoms with Crippen LogP contribution in [-0.2, 0) is 4.79 Å². The van der Waals surface area contributed by atoms with Crippen molar-refractivity contribution in [3.05, 3.63) is 0 Å². The second kappa shape index (κ2) is 5.20. The van der Waals surface area contributed by atoms with Gasteiger partial charge in [0, 0.05) is 6.04 Å². The summed E-state index contributed by atoms with van der Waals surface area (Å²) < 4.78 is 0. The molecule has 0 spiro atoms. The number of hydrogen-bond acceptors (Lipinski definition) is 2. The lowest BCUT2D eigenvalue weighted by Crippen LogP contribution is -2.53. The number of carboxylic acid groups (broad SMARTS) is 1. The van der Waals surface area contributed by atoms with Gasteiger partial charge < -0.3 is 10.0 Å². The molecule has 3 unspecified atom stereocenters. The first-order valence-corrected chi connectivity index (χ1v) is 7.41. The minimum Gasteiger partial charge on any atom is -0.481 e. The van der Waals surface area contributed by atoms with Crippen LogP contribution in [-0.4, -0.2) is 35.1 Å². The van der Waals surface area contributed by atoms with Crippen molar-refractivity contribution >= 4 is 5.97 Å². The maximum absolute atomic E-state index is 11.4. The molecule has 2 rings (SSSR count). The van der Waals surface area contributed by atoms with Gasteiger partial charge in [-0.25, -0.2) is 0 Å². The number of piperidine rings is 1. The summed E-state index contributed by atoms with van der Waals surface area (Å²) in [5.41, 5.74) is -0.0911. The van der Waals surface area contributed by atoms with E-state index < -0.39 is 5.97 Å². The van der Waals surface area contributed by atoms with Gasteiger partial charge in [0.25, 0.3) is 0 Å². The Balaban J connectivity index is 2.10. The van der Waals surface area contributed by atoms with Crippen molar-refractivity contribution in [3.8, 4) is 0 Å². The molecule has 3 atom stereocenters. The second-order valence-electron chi connectivity index (χ2n) is 6.74. The Hall–Kier alpha value is -0.570. The van der Waals surface area contributed by atoms with E-state index in [-0.39, 0.29) is 11.3 Å². The van der Waals surface area contributed by atoms with Gasteiger partial charge in [0.15, 0.2) is 0 Å². The molecule has 0 aromatic heterocycles. The Morgan fingerprint density at radius 3 is 2.33 bits per heavy atom. The molecule has 1 saturated carbocycles. The minimum atomic E-state index is -0.607. The van der Waals surface area contributed by atoms with Crippen LogP contribution in [0.1, 0.15) is 52.9 Å². The summed E-state index contributed by atoms with van der Waals surface area (Å²) in [6.45, 7) is 8.97. The summed E-state index contributed by atoms with van der Waals surface area (Å²) in [6.07, 6.45) is 5.88. The maximum Gasteiger partial charge on any atom is 0.307 e. The fourth-order valence-corrected chi connectivity index (χ4v) is 3.96. The van der Waals surface area contributed by atoms with Crippen LogP contribution in [0.5, 0.6) is 0 Å². The average molecular weight is 253 g/mol. The second-order valence-corrected chi connectivity index (χ2v) is 6.74. The van der Waals surface area contributed by atoms with E-state index in [9.17, 15) is 9.90 Å². The van der Waals surface area contributed by atoms with Gasteiger partial charge in [0.2, 0.25) is 0 Å². The molecule has 3 heteroatoms. The van der Waals surface area contributed by atoms with Crippen molar-refractivity contribution in [3.63, 3.8) is 0 Å². The van der Waals surface area contributed by atoms with Crippen molar-refractivity contribution in [1.29, 1.82) is 0 Å². The first kappa shape index (κ1) is 13.9. The van der Waals surface area contributed by atoms with E-state index in [1.54, 1.807) is 0 Å². The summed E-state index contributed by atoms with van der Waals surface area (Å²) >= 11 is 0. The van der Waals surface area contributed by atoms with Gasteiger partial charge in [-0.3, -0.25) is 4.79 Å². The Morgan fingerprint density at radius 2 is 1.78 bits per heavy atom. The molecule has 1 N–H and O–H groups in total. The third kappa shape index (κ3) is 2.42. The predicted octanol–water partition coefficient (Wildman–Crippen LogP) is 3.00. The fraction of sp³-hybridized carbons (Fsp3) is 0.933. The molecule has 0 aromatic carbocycles. The molecule has 2 aliphatic rings. The number of carbonyl (C=O) groups is 1. The molecular formula is C15H27NO2. The fourth-order valence-electron chi connectivity index (χ4n) is 3.96. The number of aliphatic carboxylic acids is 1. The molecule has 104 valence electrons. The van der Waals surface area contributed by atoms with E-state index in [1.165, 1.54) is 32.4 Å². The highest BCUT2D eigenvalue weighted by atomic mass is 16.4. The topological polar surface area (TPSA) is 40.5 Å². The Bertz CT molecular complexity index is 308. The average Bonchev–Trinajstić information content (AvgIpc) is 2.33. The summed E-state index contributed by atoms with van der Waals surface area (Å²) in [5.74, 6) is -0.317. The molecule has 2 fully saturated rings. The summed E-state index contributed by atoms with van der Waals surface area (Å²) in [5, 5.41) is 9.37. The highest BCUT2D eigenvalue weighted by Crippen LogP contribution is 2.46. The van der Waals surface area contributed by atoms with Crippen molar-refractivity contribution < 1.29 is 9.90 Å². The lowest BCUT2D eigenvalue weighted by atomic mass is 9.60. The molecule has 0 amide bonds. The highest BCUT2D eigenvalue weighted by Gasteiger charge is 2.47. The van der Waals surface area contributed by atoms with Gasteiger partial charge in [0.05, 0.1) is 5.92 Å². The van der Waals surface area contributed by atoms with E-state index in [2.05, 4.69) is 25.7 Å². The largest absolute Gasteiger partial charge is 0.481 e. The highest BCUT2D eigenvalue weighted by molar-refractivity contribution is 5.71. The Morgan fingerprint density at radius 1 is 1.17 bits per heavy atom. The van der Waals surface area contributed by atoms with Crippen LogP contribution in [0.25, 0.3) is 0 Å². The van der Waals surface area contributed by atoms with Gasteiger partial charge in [-0.2, -0.15) is 0 Å². The zero-order chi connectivity index (χ0) is 13.3. The Labute approximate surface area is 111 Å². The third-order valence-electron chi connectivity index (χ3n) is 5.56. The van der Waals surface area contributed by atoms with Crippen LogP contribution in [0, 0.1) is 17.3 Å². The quantitative estimate of drug-likeness (QED) is 0.822. The van der Waals surface area contributed by atoms with Gasteiger partial charge in [-0.1, -0.05) is 27.2 Å². The first-order valence-electron chi connectivity index (χ1n) is 7.41. The van der Waals surface area contributed by atoms with Crippen LogP contribution in [0.3, 0.4) is 0 Å². The standard InChI is InChI=1S/C15H27NO2/c1-11-13(16-9-5-4-6-10-16)8-7-12(14(17)18)15(11,2)3/h11-13H,4-10H2,1-3H3,(H,17,18). The van der Waals surface area contributed by atoms with Crippen molar-refractivity contribution in [1.82, 2.24) is 4.90 Å². The van der Waals surface area contributed by atoms with E-state index in [0.29, 0.717) is 12.0 Å². The number of hydrogen-bond donors (Lipinski definition) is 1. The molecule has 1 aliphatic carbocycles. The van der Waals surface area contributed by atoms with Crippen molar-refractivity contribution in [2.45, 2.75) is 58.9 Å². The normalized spacial score (nSPS) is 37.4. The van der Waals surface area contributed by atoms with Gasteiger partial charge in [0.1, 0.15) is 0 Å². The number of nitrogens with zero attached hydrogens (tertiary/aromatic N) is 1. The number of rotatable bonds is 2. The van der Waals surface area contributed by atoms with Crippen LogP contribution < -0.4 is 0 Å². The predicted molar refractivity (Wildman–Crippen MR) is 72.5 cm³/mol. The Kier molecular flexibility index (Phi) is 4.00. The van der Waals surface area contributed by atoms with Gasteiger partial charge >= 0.3 is 5.97 Å². The molecular weight excluding hydrogens is 226 g/mol. The van der Waals surface area contributed by atoms with Gasteiger partial charge in [-0.15, -0.1) is 0 Å². The molecule has 0 bridgehead atoms. The van der Waals surface area contributed by atoms with Crippen LogP contribution in [0.4, 0.5) is 0 Å². The minimum absolute atomic E-state index is 0.0911. The lowest BCUT2D eigenvalue weighted by Gasteiger charge is -2.50. The smallest absolute Gasteiger partial charge is 0.307 e. The van der Waals surface area contributed by atoms with Crippen LogP contribution in [0.2, 0.25) is 0 Å². The van der Waals surface area contributed by atoms with E-state index >= 15 is 0 Å².